The zero-order chi connectivity index (χ0) is 15.4. The monoisotopic (exact) mass is 286 g/mol. The molecule has 2 unspecified atom stereocenters. The fraction of sp³-hybridized carbons (Fsp3) is 0.867. The number of carboxylic acid groups (broad SMARTS) is 1. The van der Waals surface area contributed by atoms with Crippen molar-refractivity contribution in [2.75, 3.05) is 0 Å². The normalized spacial score (nSPS) is 13.6. The van der Waals surface area contributed by atoms with Crippen molar-refractivity contribution in [1.82, 2.24) is 10.6 Å². The van der Waals surface area contributed by atoms with Crippen LogP contribution < -0.4 is 10.6 Å². The summed E-state index contributed by atoms with van der Waals surface area (Å²) in [7, 11) is 0. The molecule has 0 saturated carbocycles. The highest BCUT2D eigenvalue weighted by molar-refractivity contribution is 5.76. The summed E-state index contributed by atoms with van der Waals surface area (Å²) in [6.45, 7) is 6.21. The lowest BCUT2D eigenvalue weighted by atomic mass is 10.1. The Bertz CT molecular complexity index is 282. The molecular weight excluding hydrogens is 256 g/mol. The molecule has 0 aliphatic carbocycles. The van der Waals surface area contributed by atoms with Crippen molar-refractivity contribution in [1.29, 1.82) is 0 Å². The van der Waals surface area contributed by atoms with Crippen LogP contribution in [0.4, 0.5) is 4.79 Å². The van der Waals surface area contributed by atoms with E-state index in [-0.39, 0.29) is 24.5 Å². The fourth-order valence-corrected chi connectivity index (χ4v) is 2.28. The molecule has 20 heavy (non-hydrogen) atoms. The molecule has 2 amide bonds. The number of unbranched alkanes of at least 4 members (excludes halogenated alkanes) is 1. The molecule has 118 valence electrons. The van der Waals surface area contributed by atoms with Crippen molar-refractivity contribution in [3.63, 3.8) is 0 Å². The molecule has 0 saturated heterocycles. The number of rotatable bonds is 11. The second-order valence-electron chi connectivity index (χ2n) is 5.33. The van der Waals surface area contributed by atoms with Crippen LogP contribution in [0, 0.1) is 0 Å². The maximum absolute atomic E-state index is 11.9. The van der Waals surface area contributed by atoms with Crippen LogP contribution in [0.15, 0.2) is 0 Å². The van der Waals surface area contributed by atoms with Gasteiger partial charge in [0.2, 0.25) is 0 Å². The minimum Gasteiger partial charge on any atom is -0.481 e. The van der Waals surface area contributed by atoms with Gasteiger partial charge in [-0.2, -0.15) is 0 Å². The van der Waals surface area contributed by atoms with E-state index in [1.165, 1.54) is 0 Å². The van der Waals surface area contributed by atoms with E-state index >= 15 is 0 Å². The summed E-state index contributed by atoms with van der Waals surface area (Å²) < 4.78 is 0. The molecule has 0 aliphatic rings. The molecule has 0 heterocycles. The Morgan fingerprint density at radius 3 is 1.95 bits per heavy atom. The van der Waals surface area contributed by atoms with Gasteiger partial charge in [0.15, 0.2) is 0 Å². The predicted molar refractivity (Wildman–Crippen MR) is 80.8 cm³/mol. The SMILES string of the molecule is CCCCC(CCC)NC(=O)NC(CCC)CC(=O)O. The highest BCUT2D eigenvalue weighted by Crippen LogP contribution is 2.07. The smallest absolute Gasteiger partial charge is 0.315 e. The molecule has 2 atom stereocenters. The highest BCUT2D eigenvalue weighted by Gasteiger charge is 2.17. The number of carbonyl (C=O) groups is 2. The van der Waals surface area contributed by atoms with Crippen LogP contribution in [0.3, 0.4) is 0 Å². The molecule has 3 N–H and O–H groups in total. The number of urea groups is 1. The molecule has 0 bridgehead atoms. The summed E-state index contributed by atoms with van der Waals surface area (Å²) >= 11 is 0. The Labute approximate surface area is 122 Å². The molecule has 0 aromatic heterocycles. The van der Waals surface area contributed by atoms with Gasteiger partial charge in [-0.05, 0) is 19.3 Å². The molecule has 0 aromatic carbocycles. The van der Waals surface area contributed by atoms with E-state index in [4.69, 9.17) is 5.11 Å². The van der Waals surface area contributed by atoms with Gasteiger partial charge in [0.05, 0.1) is 6.42 Å². The lowest BCUT2D eigenvalue weighted by Gasteiger charge is -2.21. The molecule has 0 radical (unpaired) electrons. The second-order valence-corrected chi connectivity index (χ2v) is 5.33. The summed E-state index contributed by atoms with van der Waals surface area (Å²) in [5.74, 6) is -0.875. The van der Waals surface area contributed by atoms with E-state index in [0.29, 0.717) is 6.42 Å². The first-order valence-corrected chi connectivity index (χ1v) is 7.82. The van der Waals surface area contributed by atoms with Gasteiger partial charge in [-0.25, -0.2) is 4.79 Å². The summed E-state index contributed by atoms with van der Waals surface area (Å²) in [6, 6.07) is -0.336. The first kappa shape index (κ1) is 18.7. The molecule has 5 heteroatoms. The zero-order valence-electron chi connectivity index (χ0n) is 13.1. The van der Waals surface area contributed by atoms with Gasteiger partial charge in [0, 0.05) is 12.1 Å². The second kappa shape index (κ2) is 11.6. The summed E-state index contributed by atoms with van der Waals surface area (Å²) in [5, 5.41) is 14.6. The fourth-order valence-electron chi connectivity index (χ4n) is 2.28. The first-order valence-electron chi connectivity index (χ1n) is 7.82. The highest BCUT2D eigenvalue weighted by atomic mass is 16.4. The standard InChI is InChI=1S/C15H30N2O3/c1-4-7-10-12(8-5-2)16-15(20)17-13(9-6-3)11-14(18)19/h12-13H,4-11H2,1-3H3,(H,18,19)(H2,16,17,20). The van der Waals surface area contributed by atoms with Gasteiger partial charge in [-0.15, -0.1) is 0 Å². The van der Waals surface area contributed by atoms with Gasteiger partial charge < -0.3 is 15.7 Å². The van der Waals surface area contributed by atoms with Crippen LogP contribution in [0.2, 0.25) is 0 Å². The van der Waals surface area contributed by atoms with Crippen LogP contribution >= 0.6 is 0 Å². The Morgan fingerprint density at radius 1 is 0.900 bits per heavy atom. The van der Waals surface area contributed by atoms with Crippen molar-refractivity contribution >= 4 is 12.0 Å². The third kappa shape index (κ3) is 9.64. The Hall–Kier alpha value is -1.26. The number of aliphatic carboxylic acids is 1. The van der Waals surface area contributed by atoms with Crippen molar-refractivity contribution in [2.45, 2.75) is 84.2 Å². The van der Waals surface area contributed by atoms with E-state index in [2.05, 4.69) is 24.5 Å². The predicted octanol–water partition coefficient (Wildman–Crippen LogP) is 3.29. The Morgan fingerprint density at radius 2 is 1.45 bits per heavy atom. The van der Waals surface area contributed by atoms with Gasteiger partial charge in [-0.1, -0.05) is 46.5 Å². The number of hydrogen-bond donors (Lipinski definition) is 3. The molecule has 0 spiro atoms. The third-order valence-corrected chi connectivity index (χ3v) is 3.27. The molecule has 0 fully saturated rings. The van der Waals surface area contributed by atoms with Crippen LogP contribution in [0.1, 0.15) is 72.1 Å². The van der Waals surface area contributed by atoms with Crippen molar-refractivity contribution in [3.8, 4) is 0 Å². The Kier molecular flexibility index (Phi) is 10.8. The molecule has 0 rings (SSSR count). The lowest BCUT2D eigenvalue weighted by Crippen LogP contribution is -2.46. The average molecular weight is 286 g/mol. The topological polar surface area (TPSA) is 78.4 Å². The number of hydrogen-bond acceptors (Lipinski definition) is 2. The average Bonchev–Trinajstić information content (AvgIpc) is 2.35. The maximum Gasteiger partial charge on any atom is 0.315 e. The van der Waals surface area contributed by atoms with Crippen LogP contribution in [-0.2, 0) is 4.79 Å². The van der Waals surface area contributed by atoms with E-state index in [9.17, 15) is 9.59 Å². The summed E-state index contributed by atoms with van der Waals surface area (Å²) in [5.41, 5.74) is 0. The Balaban J connectivity index is 4.27. The molecule has 5 nitrogen and oxygen atoms in total. The molecular formula is C15H30N2O3. The number of amides is 2. The zero-order valence-corrected chi connectivity index (χ0v) is 13.1. The van der Waals surface area contributed by atoms with Gasteiger partial charge in [-0.3, -0.25) is 4.79 Å². The van der Waals surface area contributed by atoms with Gasteiger partial charge >= 0.3 is 12.0 Å². The summed E-state index contributed by atoms with van der Waals surface area (Å²) in [4.78, 5) is 22.7. The number of carboxylic acids is 1. The van der Waals surface area contributed by atoms with E-state index in [1.807, 2.05) is 6.92 Å². The van der Waals surface area contributed by atoms with E-state index < -0.39 is 5.97 Å². The maximum atomic E-state index is 11.9. The quantitative estimate of drug-likeness (QED) is 0.545. The van der Waals surface area contributed by atoms with Crippen LogP contribution in [-0.4, -0.2) is 29.2 Å². The van der Waals surface area contributed by atoms with Crippen molar-refractivity contribution < 1.29 is 14.7 Å². The van der Waals surface area contributed by atoms with Gasteiger partial charge in [0.1, 0.15) is 0 Å². The van der Waals surface area contributed by atoms with E-state index in [0.717, 1.165) is 38.5 Å². The lowest BCUT2D eigenvalue weighted by molar-refractivity contribution is -0.137. The van der Waals surface area contributed by atoms with Crippen LogP contribution in [0.5, 0.6) is 0 Å². The molecule has 0 aromatic rings. The number of nitrogens with one attached hydrogen (secondary N) is 2. The third-order valence-electron chi connectivity index (χ3n) is 3.27. The number of carbonyl (C=O) groups excluding carboxylic acids is 1. The minimum absolute atomic E-state index is 0.0192. The van der Waals surface area contributed by atoms with Gasteiger partial charge in [0.25, 0.3) is 0 Å². The first-order chi connectivity index (χ1) is 9.53. The largest absolute Gasteiger partial charge is 0.481 e. The van der Waals surface area contributed by atoms with E-state index in [1.54, 1.807) is 0 Å². The van der Waals surface area contributed by atoms with Crippen LogP contribution in [0.25, 0.3) is 0 Å². The minimum atomic E-state index is -0.875. The summed E-state index contributed by atoms with van der Waals surface area (Å²) in [6.07, 6.45) is 6.70. The van der Waals surface area contributed by atoms with Crippen molar-refractivity contribution in [2.24, 2.45) is 0 Å². The molecule has 0 aliphatic heterocycles. The van der Waals surface area contributed by atoms with Crippen molar-refractivity contribution in [3.05, 3.63) is 0 Å².